The van der Waals surface area contributed by atoms with E-state index in [1.54, 1.807) is 0 Å². The maximum atomic E-state index is 3.43. The first-order valence-electron chi connectivity index (χ1n) is 7.95. The summed E-state index contributed by atoms with van der Waals surface area (Å²) >= 11 is 0. The molecule has 1 aliphatic heterocycles. The lowest BCUT2D eigenvalue weighted by molar-refractivity contribution is 0.199. The highest BCUT2D eigenvalue weighted by Crippen LogP contribution is 2.31. The summed E-state index contributed by atoms with van der Waals surface area (Å²) in [7, 11) is 0. The van der Waals surface area contributed by atoms with Gasteiger partial charge in [-0.1, -0.05) is 13.8 Å². The van der Waals surface area contributed by atoms with Crippen molar-refractivity contribution in [3.05, 3.63) is 23.0 Å². The highest BCUT2D eigenvalue weighted by molar-refractivity contribution is 5.34. The molecule has 1 saturated heterocycles. The van der Waals surface area contributed by atoms with Gasteiger partial charge in [0.05, 0.1) is 0 Å². The Labute approximate surface area is 124 Å². The fraction of sp³-hybridized carbons (Fsp3) is 0.765. The number of aromatic nitrogens is 1. The van der Waals surface area contributed by atoms with Crippen LogP contribution in [0.4, 0.5) is 0 Å². The summed E-state index contributed by atoms with van der Waals surface area (Å²) < 4.78 is 2.47. The van der Waals surface area contributed by atoms with E-state index in [1.807, 2.05) is 0 Å². The SMILES string of the molecule is Cc1cc(C(C)(C)CN2CCNCC2)c(C)n1C(C)C. The third kappa shape index (κ3) is 3.09. The van der Waals surface area contributed by atoms with Crippen molar-refractivity contribution in [2.24, 2.45) is 0 Å². The molecular formula is C17H31N3. The number of aryl methyl sites for hydroxylation is 1. The molecule has 2 rings (SSSR count). The Balaban J connectivity index is 2.22. The van der Waals surface area contributed by atoms with Crippen molar-refractivity contribution < 1.29 is 0 Å². The van der Waals surface area contributed by atoms with Crippen molar-refractivity contribution in [3.8, 4) is 0 Å². The van der Waals surface area contributed by atoms with Crippen molar-refractivity contribution in [1.29, 1.82) is 0 Å². The Kier molecular flexibility index (Phi) is 4.60. The molecule has 2 heterocycles. The first-order chi connectivity index (χ1) is 9.33. The first-order valence-corrected chi connectivity index (χ1v) is 7.95. The highest BCUT2D eigenvalue weighted by atomic mass is 15.2. The molecule has 1 aromatic rings. The molecule has 0 bridgehead atoms. The van der Waals surface area contributed by atoms with Gasteiger partial charge in [0.25, 0.3) is 0 Å². The van der Waals surface area contributed by atoms with Crippen molar-refractivity contribution in [1.82, 2.24) is 14.8 Å². The number of piperazine rings is 1. The molecule has 0 spiro atoms. The molecule has 114 valence electrons. The maximum Gasteiger partial charge on any atom is 0.0279 e. The summed E-state index contributed by atoms with van der Waals surface area (Å²) in [5, 5.41) is 3.43. The minimum Gasteiger partial charge on any atom is -0.346 e. The van der Waals surface area contributed by atoms with Crippen LogP contribution in [0.1, 0.15) is 50.7 Å². The quantitative estimate of drug-likeness (QED) is 0.913. The van der Waals surface area contributed by atoms with Crippen LogP contribution in [0, 0.1) is 13.8 Å². The molecule has 0 radical (unpaired) electrons. The van der Waals surface area contributed by atoms with E-state index in [9.17, 15) is 0 Å². The van der Waals surface area contributed by atoms with Gasteiger partial charge in [-0.05, 0) is 39.3 Å². The Morgan fingerprint density at radius 1 is 1.20 bits per heavy atom. The molecule has 1 fully saturated rings. The van der Waals surface area contributed by atoms with Gasteiger partial charge in [-0.25, -0.2) is 0 Å². The standard InChI is InChI=1S/C17H31N3/c1-13(2)20-14(3)11-16(15(20)4)17(5,6)12-19-9-7-18-8-10-19/h11,13,18H,7-10,12H2,1-6H3. The van der Waals surface area contributed by atoms with Crippen molar-refractivity contribution in [2.75, 3.05) is 32.7 Å². The number of nitrogens with one attached hydrogen (secondary N) is 1. The average Bonchev–Trinajstić information content (AvgIpc) is 2.66. The molecule has 1 aromatic heterocycles. The van der Waals surface area contributed by atoms with E-state index in [1.165, 1.54) is 30.0 Å². The molecule has 0 aliphatic carbocycles. The van der Waals surface area contributed by atoms with E-state index in [-0.39, 0.29) is 5.41 Å². The van der Waals surface area contributed by atoms with E-state index in [4.69, 9.17) is 0 Å². The van der Waals surface area contributed by atoms with Crippen molar-refractivity contribution >= 4 is 0 Å². The van der Waals surface area contributed by atoms with Crippen LogP contribution in [-0.4, -0.2) is 42.2 Å². The second-order valence-electron chi connectivity index (χ2n) is 7.16. The molecule has 3 heteroatoms. The smallest absolute Gasteiger partial charge is 0.0279 e. The predicted octanol–water partition coefficient (Wildman–Crippen LogP) is 2.87. The average molecular weight is 277 g/mol. The van der Waals surface area contributed by atoms with Gasteiger partial charge in [-0.2, -0.15) is 0 Å². The molecule has 0 atom stereocenters. The molecule has 1 N–H and O–H groups in total. The van der Waals surface area contributed by atoms with Gasteiger partial charge in [-0.15, -0.1) is 0 Å². The lowest BCUT2D eigenvalue weighted by atomic mass is 9.83. The van der Waals surface area contributed by atoms with Gasteiger partial charge in [0.15, 0.2) is 0 Å². The molecule has 0 amide bonds. The summed E-state index contributed by atoms with van der Waals surface area (Å²) in [5.41, 5.74) is 4.56. The molecule has 0 aromatic carbocycles. The fourth-order valence-electron chi connectivity index (χ4n) is 3.77. The van der Waals surface area contributed by atoms with E-state index >= 15 is 0 Å². The number of hydrogen-bond acceptors (Lipinski definition) is 2. The fourth-order valence-corrected chi connectivity index (χ4v) is 3.77. The molecule has 20 heavy (non-hydrogen) atoms. The molecule has 0 unspecified atom stereocenters. The van der Waals surface area contributed by atoms with Crippen LogP contribution in [0.3, 0.4) is 0 Å². The second-order valence-corrected chi connectivity index (χ2v) is 7.16. The highest BCUT2D eigenvalue weighted by Gasteiger charge is 2.29. The van der Waals surface area contributed by atoms with Crippen LogP contribution >= 0.6 is 0 Å². The van der Waals surface area contributed by atoms with Gasteiger partial charge in [0.1, 0.15) is 0 Å². The summed E-state index contributed by atoms with van der Waals surface area (Å²) in [6.07, 6.45) is 0. The van der Waals surface area contributed by atoms with Gasteiger partial charge < -0.3 is 9.88 Å². The topological polar surface area (TPSA) is 20.2 Å². The first kappa shape index (κ1) is 15.6. The van der Waals surface area contributed by atoms with E-state index in [0.29, 0.717) is 6.04 Å². The van der Waals surface area contributed by atoms with Crippen LogP contribution in [0.25, 0.3) is 0 Å². The molecule has 3 nitrogen and oxygen atoms in total. The summed E-state index contributed by atoms with van der Waals surface area (Å²) in [6.45, 7) is 19.6. The van der Waals surface area contributed by atoms with Crippen LogP contribution in [0.15, 0.2) is 6.07 Å². The normalized spacial score (nSPS) is 17.9. The van der Waals surface area contributed by atoms with E-state index in [2.05, 4.69) is 62.4 Å². The summed E-state index contributed by atoms with van der Waals surface area (Å²) in [5.74, 6) is 0. The third-order valence-corrected chi connectivity index (χ3v) is 4.56. The molecular weight excluding hydrogens is 246 g/mol. The monoisotopic (exact) mass is 277 g/mol. The summed E-state index contributed by atoms with van der Waals surface area (Å²) in [6, 6.07) is 2.94. The Bertz CT molecular complexity index is 451. The number of hydrogen-bond donors (Lipinski definition) is 1. The van der Waals surface area contributed by atoms with Crippen LogP contribution in [0.5, 0.6) is 0 Å². The lowest BCUT2D eigenvalue weighted by Crippen LogP contribution is -2.48. The Morgan fingerprint density at radius 3 is 2.30 bits per heavy atom. The zero-order valence-corrected chi connectivity index (χ0v) is 14.1. The van der Waals surface area contributed by atoms with Gasteiger partial charge >= 0.3 is 0 Å². The number of rotatable bonds is 4. The van der Waals surface area contributed by atoms with Crippen molar-refractivity contribution in [2.45, 2.75) is 53.0 Å². The van der Waals surface area contributed by atoms with Crippen molar-refractivity contribution in [3.63, 3.8) is 0 Å². The zero-order valence-electron chi connectivity index (χ0n) is 14.1. The minimum atomic E-state index is 0.215. The molecule has 0 saturated carbocycles. The zero-order chi connectivity index (χ0) is 14.9. The van der Waals surface area contributed by atoms with Crippen LogP contribution < -0.4 is 5.32 Å². The molecule has 1 aliphatic rings. The Hall–Kier alpha value is -0.800. The van der Waals surface area contributed by atoms with E-state index < -0.39 is 0 Å². The van der Waals surface area contributed by atoms with Crippen LogP contribution in [0.2, 0.25) is 0 Å². The predicted molar refractivity (Wildman–Crippen MR) is 86.6 cm³/mol. The number of nitrogens with zero attached hydrogens (tertiary/aromatic N) is 2. The largest absolute Gasteiger partial charge is 0.346 e. The summed E-state index contributed by atoms with van der Waals surface area (Å²) in [4.78, 5) is 2.60. The Morgan fingerprint density at radius 2 is 1.80 bits per heavy atom. The maximum absolute atomic E-state index is 3.43. The van der Waals surface area contributed by atoms with E-state index in [0.717, 1.165) is 19.6 Å². The van der Waals surface area contributed by atoms with Gasteiger partial charge in [0.2, 0.25) is 0 Å². The van der Waals surface area contributed by atoms with Crippen LogP contribution in [-0.2, 0) is 5.41 Å². The lowest BCUT2D eigenvalue weighted by Gasteiger charge is -2.35. The van der Waals surface area contributed by atoms with Gasteiger partial charge in [-0.3, -0.25) is 4.90 Å². The minimum absolute atomic E-state index is 0.215. The second kappa shape index (κ2) is 5.90. The van der Waals surface area contributed by atoms with Gasteiger partial charge in [0, 0.05) is 55.6 Å². The third-order valence-electron chi connectivity index (χ3n) is 4.56.